The van der Waals surface area contributed by atoms with Crippen molar-refractivity contribution in [2.24, 2.45) is 17.2 Å². The van der Waals surface area contributed by atoms with E-state index in [1.807, 2.05) is 0 Å². The lowest BCUT2D eigenvalue weighted by Crippen LogP contribution is -2.73. The van der Waals surface area contributed by atoms with Gasteiger partial charge in [0.1, 0.15) is 48.8 Å². The Morgan fingerprint density at radius 3 is 1.84 bits per heavy atom. The van der Waals surface area contributed by atoms with E-state index < -0.39 is 123 Å². The lowest BCUT2D eigenvalue weighted by molar-refractivity contribution is -0.354. The summed E-state index contributed by atoms with van der Waals surface area (Å²) in [6, 6.07) is 9.39. The Morgan fingerprint density at radius 1 is 0.706 bits per heavy atom. The molecule has 2 aromatic carbocycles. The quantitative estimate of drug-likeness (QED) is 0.0964. The molecule has 3 aliphatic heterocycles. The second-order valence-corrected chi connectivity index (χ2v) is 12.6. The maximum absolute atomic E-state index is 13.8. The predicted molar refractivity (Wildman–Crippen MR) is 171 cm³/mol. The summed E-state index contributed by atoms with van der Waals surface area (Å²) in [5.41, 5.74) is 16.2. The van der Waals surface area contributed by atoms with Crippen molar-refractivity contribution in [1.29, 1.82) is 0 Å². The van der Waals surface area contributed by atoms with Gasteiger partial charge in [0.2, 0.25) is 0 Å². The van der Waals surface area contributed by atoms with Crippen LogP contribution in [0.1, 0.15) is 20.7 Å². The molecule has 3 aliphatic rings. The number of hydrogen-bond donors (Lipinski definition) is 12. The number of anilines is 1. The van der Waals surface area contributed by atoms with Crippen molar-refractivity contribution in [1.82, 2.24) is 0 Å². The lowest BCUT2D eigenvalue weighted by Gasteiger charge is -2.50. The highest BCUT2D eigenvalue weighted by molar-refractivity contribution is 6.06. The number of Topliss-reactive ketones (excluding diaryl/α,β-unsaturated/α-hetero) is 1. The molecule has 0 aromatic heterocycles. The minimum atomic E-state index is -2.54. The normalized spacial score (nSPS) is 40.1. The van der Waals surface area contributed by atoms with Crippen LogP contribution >= 0.6 is 0 Å². The Bertz CT molecular complexity index is 1470. The summed E-state index contributed by atoms with van der Waals surface area (Å²) in [7, 11) is 0. The number of ketones is 1. The Labute approximate surface area is 291 Å². The first-order valence-corrected chi connectivity index (χ1v) is 16.1. The molecule has 19 nitrogen and oxygen atoms in total. The topological polar surface area (TPSA) is 332 Å². The molecule has 3 saturated heterocycles. The van der Waals surface area contributed by atoms with Gasteiger partial charge in [0, 0.05) is 16.8 Å². The molecule has 1 amide bonds. The van der Waals surface area contributed by atoms with E-state index in [0.717, 1.165) is 0 Å². The highest BCUT2D eigenvalue weighted by atomic mass is 16.7. The van der Waals surface area contributed by atoms with E-state index in [2.05, 4.69) is 5.32 Å². The van der Waals surface area contributed by atoms with Crippen molar-refractivity contribution in [3.8, 4) is 0 Å². The van der Waals surface area contributed by atoms with Gasteiger partial charge in [-0.05, 0) is 36.4 Å². The van der Waals surface area contributed by atoms with E-state index in [1.54, 1.807) is 30.3 Å². The van der Waals surface area contributed by atoms with Crippen LogP contribution in [0.15, 0.2) is 54.6 Å². The number of carbonyl (C=O) groups excluding carboxylic acids is 2. The van der Waals surface area contributed by atoms with Gasteiger partial charge in [-0.25, -0.2) is 0 Å². The smallest absolute Gasteiger partial charge is 0.255 e. The number of hydrogen-bond acceptors (Lipinski definition) is 18. The van der Waals surface area contributed by atoms with Gasteiger partial charge in [0.25, 0.3) is 5.91 Å². The highest BCUT2D eigenvalue weighted by Gasteiger charge is 2.59. The van der Waals surface area contributed by atoms with Gasteiger partial charge in [0.15, 0.2) is 30.3 Å². The first kappa shape index (κ1) is 39.2. The third-order valence-corrected chi connectivity index (χ3v) is 9.30. The third-order valence-electron chi connectivity index (χ3n) is 9.30. The Hall–Kier alpha value is -3.06. The molecule has 3 fully saturated rings. The number of ether oxygens (including phenoxy) is 5. The molecule has 0 bridgehead atoms. The molecule has 2 unspecified atom stereocenters. The number of aliphatic hydroxyl groups is 8. The Morgan fingerprint density at radius 2 is 1.25 bits per heavy atom. The monoisotopic (exact) mass is 724 g/mol. The van der Waals surface area contributed by atoms with E-state index >= 15 is 0 Å². The molecule has 282 valence electrons. The van der Waals surface area contributed by atoms with E-state index in [-0.39, 0.29) is 5.56 Å². The average molecular weight is 725 g/mol. The number of benzene rings is 2. The first-order valence-electron chi connectivity index (χ1n) is 16.1. The van der Waals surface area contributed by atoms with Crippen LogP contribution < -0.4 is 22.5 Å². The van der Waals surface area contributed by atoms with Crippen molar-refractivity contribution < 1.29 is 74.1 Å². The number of aliphatic hydroxyl groups excluding tert-OH is 8. The van der Waals surface area contributed by atoms with Gasteiger partial charge >= 0.3 is 0 Å². The van der Waals surface area contributed by atoms with Crippen LogP contribution in [0.5, 0.6) is 0 Å². The van der Waals surface area contributed by atoms with E-state index in [0.29, 0.717) is 11.3 Å². The molecule has 15 N–H and O–H groups in total. The zero-order valence-electron chi connectivity index (χ0n) is 27.1. The lowest BCUT2D eigenvalue weighted by atomic mass is 9.80. The number of rotatable bonds is 11. The number of carbonyl (C=O) groups is 2. The highest BCUT2D eigenvalue weighted by Crippen LogP contribution is 2.36. The molecule has 51 heavy (non-hydrogen) atoms. The van der Waals surface area contributed by atoms with Crippen LogP contribution in [0, 0.1) is 0 Å². The maximum atomic E-state index is 13.8. The summed E-state index contributed by atoms with van der Waals surface area (Å²) in [5.74, 6) is -1.39. The Balaban J connectivity index is 1.31. The molecule has 0 radical (unpaired) electrons. The van der Waals surface area contributed by atoms with Gasteiger partial charge in [-0.3, -0.25) is 9.59 Å². The van der Waals surface area contributed by atoms with Crippen LogP contribution in [0.3, 0.4) is 0 Å². The molecule has 15 atom stereocenters. The zero-order chi connectivity index (χ0) is 37.2. The minimum Gasteiger partial charge on any atom is -0.394 e. The standard InChI is InChI=1S/C32H44N4O15/c33-18-21(40)24(16(10-37)47-29(18)46)49-30-19(34)22(41)25(17(11-38)48-30)50-31-20(35)23(42)27(44)32(12-39,51-31)26(43)13-6-8-15(9-7-13)36-28(45)14-4-2-1-3-5-14/h1-9,16-25,27,29-31,37-42,44,46H,10-12,33-35H2,(H,36,45)/t16-,17-,18-,19-,20-,21-,22-,23-,24?,25?,27+,29-,30+,31+,32+/m1/s1. The fourth-order valence-corrected chi connectivity index (χ4v) is 6.21. The van der Waals surface area contributed by atoms with Crippen molar-refractivity contribution >= 4 is 17.4 Å². The summed E-state index contributed by atoms with van der Waals surface area (Å²) in [6.45, 7) is -2.71. The summed E-state index contributed by atoms with van der Waals surface area (Å²) in [6.07, 6.45) is -18.0. The molecule has 5 rings (SSSR count). The van der Waals surface area contributed by atoms with Gasteiger partial charge in [-0.15, -0.1) is 0 Å². The molecule has 0 aliphatic carbocycles. The van der Waals surface area contributed by atoms with Crippen molar-refractivity contribution in [3.63, 3.8) is 0 Å². The fraction of sp³-hybridized carbons (Fsp3) is 0.562. The molecular formula is C32H44N4O15. The van der Waals surface area contributed by atoms with E-state index in [4.69, 9.17) is 40.9 Å². The zero-order valence-corrected chi connectivity index (χ0v) is 27.1. The van der Waals surface area contributed by atoms with Crippen molar-refractivity contribution in [2.45, 2.75) is 91.4 Å². The number of nitrogens with two attached hydrogens (primary N) is 3. The van der Waals surface area contributed by atoms with Crippen molar-refractivity contribution in [2.75, 3.05) is 25.1 Å². The number of amides is 1. The van der Waals surface area contributed by atoms with Crippen LogP contribution in [-0.4, -0.2) is 164 Å². The largest absolute Gasteiger partial charge is 0.394 e. The third kappa shape index (κ3) is 7.70. The molecule has 0 saturated carbocycles. The second-order valence-electron chi connectivity index (χ2n) is 12.6. The number of nitrogens with one attached hydrogen (secondary N) is 1. The van der Waals surface area contributed by atoms with Gasteiger partial charge in [-0.1, -0.05) is 18.2 Å². The van der Waals surface area contributed by atoms with Gasteiger partial charge in [0.05, 0.1) is 37.9 Å². The molecule has 3 heterocycles. The molecule has 2 aromatic rings. The van der Waals surface area contributed by atoms with Gasteiger partial charge in [-0.2, -0.15) is 0 Å². The maximum Gasteiger partial charge on any atom is 0.255 e. The Kier molecular flexibility index (Phi) is 12.5. The predicted octanol–water partition coefficient (Wildman–Crippen LogP) is -5.17. The van der Waals surface area contributed by atoms with Crippen LogP contribution in [0.2, 0.25) is 0 Å². The first-order chi connectivity index (χ1) is 24.3. The summed E-state index contributed by atoms with van der Waals surface area (Å²) in [5, 5.41) is 86.6. The summed E-state index contributed by atoms with van der Waals surface area (Å²) < 4.78 is 28.3. The summed E-state index contributed by atoms with van der Waals surface area (Å²) in [4.78, 5) is 26.4. The fourth-order valence-electron chi connectivity index (χ4n) is 6.21. The average Bonchev–Trinajstić information content (AvgIpc) is 3.14. The van der Waals surface area contributed by atoms with Crippen molar-refractivity contribution in [3.05, 3.63) is 65.7 Å². The van der Waals surface area contributed by atoms with E-state index in [1.165, 1.54) is 24.3 Å². The summed E-state index contributed by atoms with van der Waals surface area (Å²) >= 11 is 0. The van der Waals surface area contributed by atoms with Crippen LogP contribution in [0.25, 0.3) is 0 Å². The van der Waals surface area contributed by atoms with E-state index in [9.17, 15) is 50.4 Å². The van der Waals surface area contributed by atoms with Crippen LogP contribution in [-0.2, 0) is 23.7 Å². The van der Waals surface area contributed by atoms with Crippen LogP contribution in [0.4, 0.5) is 5.69 Å². The SMILES string of the molecule is N[C@H]1[C@@H](OC2[C@@H](CO)O[C@@H](OC3[C@@H](CO)O[C@@H](O)[C@H](N)[C@H]3O)[C@H](N)[C@H]2O)O[C@@](CO)(C(=O)c2ccc(NC(=O)c3ccccc3)cc2)[C@@H](O)[C@@H]1O. The molecular weight excluding hydrogens is 680 g/mol. The van der Waals surface area contributed by atoms with Gasteiger partial charge < -0.3 is 87.1 Å². The molecule has 0 spiro atoms. The second kappa shape index (κ2) is 16.3. The molecule has 19 heteroatoms. The minimum absolute atomic E-state index is 0.0965.